The van der Waals surface area contributed by atoms with Crippen molar-refractivity contribution >= 4 is 0 Å². The van der Waals surface area contributed by atoms with Crippen molar-refractivity contribution in [3.63, 3.8) is 0 Å². The maximum absolute atomic E-state index is 0. The van der Waals surface area contributed by atoms with Gasteiger partial charge in [-0.05, 0) is 0 Å². The van der Waals surface area contributed by atoms with Crippen LogP contribution in [0, 0.1) is 0 Å². The topological polar surface area (TPSA) is 378 Å². The third-order valence-electron chi connectivity index (χ3n) is 0. The third kappa shape index (κ3) is 917. The molecule has 0 aromatic heterocycles. The Hall–Kier alpha value is 1.52. The van der Waals surface area contributed by atoms with Crippen LogP contribution in [0.3, 0.4) is 0 Å². The van der Waals surface area contributed by atoms with Crippen LogP contribution in [0.25, 0.3) is 0 Å². The molecule has 0 rings (SSSR count). The Kier molecular flexibility index (Phi) is 116000. The smallest absolute Gasteiger partial charge is 1.00 e. The van der Waals surface area contributed by atoms with Gasteiger partial charge in [-0.1, -0.05) is 0 Å². The molecule has 0 atom stereocenters. The minimum Gasteiger partial charge on any atom is -1.00 e. The molecule has 0 aromatic rings. The van der Waals surface area contributed by atoms with Crippen molar-refractivity contribution < 1.29 is 128 Å². The average molecular weight is 264 g/mol. The summed E-state index contributed by atoms with van der Waals surface area (Å²) in [6.45, 7) is 0. The Balaban J connectivity index is 0. The summed E-state index contributed by atoms with van der Waals surface area (Å²) in [5.41, 5.74) is 0. The van der Waals surface area contributed by atoms with Gasteiger partial charge in [-0.3, -0.25) is 0 Å². The Morgan fingerprint density at radius 3 is 0.214 bits per heavy atom. The number of hydrogen-bond donors (Lipinski definition) is 0. The zero-order valence-corrected chi connectivity index (χ0v) is 12.0. The minimum absolute atomic E-state index is 0. The van der Waals surface area contributed by atoms with Crippen LogP contribution in [0.5, 0.6) is 0 Å². The van der Waals surface area contributed by atoms with Crippen molar-refractivity contribution in [2.75, 3.05) is 0 Å². The zero-order valence-electron chi connectivity index (χ0n) is 10.0. The van der Waals surface area contributed by atoms with E-state index in [2.05, 4.69) is 0 Å². The molecule has 0 unspecified atom stereocenters. The Bertz CT molecular complexity index is 17.0. The zero-order chi connectivity index (χ0) is 0. The number of hydrogen-bond acceptors (Lipinski definition) is 0. The van der Waals surface area contributed by atoms with Crippen LogP contribution in [0.4, 0.5) is 0 Å². The van der Waals surface area contributed by atoms with Crippen molar-refractivity contribution in [3.05, 3.63) is 0 Å². The van der Waals surface area contributed by atoms with Gasteiger partial charge in [-0.2, -0.15) is 0 Å². The summed E-state index contributed by atoms with van der Waals surface area (Å²) >= 11 is 0. The molecule has 0 heterocycles. The van der Waals surface area contributed by atoms with Crippen LogP contribution in [0.1, 0.15) is 2.85 Å². The summed E-state index contributed by atoms with van der Waals surface area (Å²) in [6.07, 6.45) is 0. The first kappa shape index (κ1) is 1420. The second-order valence-corrected chi connectivity index (χ2v) is 0. The Morgan fingerprint density at radius 1 is 0.214 bits per heavy atom. The molecule has 0 aliphatic carbocycles. The van der Waals surface area contributed by atoms with E-state index in [4.69, 9.17) is 0 Å². The predicted molar refractivity (Wildman–Crippen MR) is 45.6 cm³/mol. The molecule has 0 bridgehead atoms. The molecular weight excluding hydrogens is 238 g/mol. The maximum atomic E-state index is 0. The van der Waals surface area contributed by atoms with Gasteiger partial charge < -0.3 is 68.6 Å². The van der Waals surface area contributed by atoms with E-state index in [9.17, 15) is 0 Å². The molecule has 100 valence electrons. The first-order valence-corrected chi connectivity index (χ1v) is 0. The van der Waals surface area contributed by atoms with Crippen molar-refractivity contribution in [2.45, 2.75) is 0 Å². The molecule has 0 spiro atoms. The van der Waals surface area contributed by atoms with E-state index in [1.165, 1.54) is 0 Å². The van der Waals surface area contributed by atoms with E-state index in [0.717, 1.165) is 0 Å². The fourth-order valence-electron chi connectivity index (χ4n) is 0. The summed E-state index contributed by atoms with van der Waals surface area (Å²) in [4.78, 5) is 0. The summed E-state index contributed by atoms with van der Waals surface area (Å²) in [5.74, 6) is 0. The predicted octanol–water partition coefficient (Wildman–Crippen LogP) is -15.7. The Labute approximate surface area is 127 Å². The van der Waals surface area contributed by atoms with Gasteiger partial charge in [0.2, 0.25) is 0 Å². The fraction of sp³-hybridized carbons (Fsp3) is 0. The van der Waals surface area contributed by atoms with Crippen molar-refractivity contribution in [3.8, 4) is 0 Å². The van der Waals surface area contributed by atoms with Crippen molar-refractivity contribution in [1.82, 2.24) is 0 Å². The molecule has 14 heteroatoms. The molecule has 0 saturated heterocycles. The molecule has 0 aliphatic rings. The third-order valence-corrected chi connectivity index (χ3v) is 0. The van der Waals surface area contributed by atoms with Crippen molar-refractivity contribution in [2.24, 2.45) is 0 Å². The van der Waals surface area contributed by atoms with Gasteiger partial charge in [0.25, 0.3) is 0 Å². The monoisotopic (exact) mass is 264 g/mol. The van der Waals surface area contributed by atoms with E-state index in [1.807, 2.05) is 0 Å². The van der Waals surface area contributed by atoms with Gasteiger partial charge in [0.05, 0.1) is 0 Å². The van der Waals surface area contributed by atoms with E-state index < -0.39 is 0 Å². The maximum Gasteiger partial charge on any atom is 1.00 e. The molecule has 0 aromatic carbocycles. The molecular formula is H26Na2O12. The van der Waals surface area contributed by atoms with Gasteiger partial charge in [0.15, 0.2) is 0 Å². The van der Waals surface area contributed by atoms with Crippen LogP contribution < -0.4 is 59.1 Å². The Morgan fingerprint density at radius 2 is 0.214 bits per heavy atom. The summed E-state index contributed by atoms with van der Waals surface area (Å²) in [7, 11) is 0. The standard InChI is InChI=1S/2Na.12H2O.2H/h;;12*1H2;;/q2*+1;;;;;;;;;;;;;2*-1. The molecule has 0 fully saturated rings. The second kappa shape index (κ2) is 1150. The van der Waals surface area contributed by atoms with E-state index in [-0.39, 0.29) is 128 Å². The second-order valence-electron chi connectivity index (χ2n) is 0. The molecule has 0 saturated carbocycles. The summed E-state index contributed by atoms with van der Waals surface area (Å²) in [6, 6.07) is 0. The average Bonchev–Trinajstić information content (AvgIpc) is 0. The summed E-state index contributed by atoms with van der Waals surface area (Å²) in [5, 5.41) is 0. The molecule has 0 radical (unpaired) electrons. The largest absolute Gasteiger partial charge is 1.00 e. The quantitative estimate of drug-likeness (QED) is 0.367. The molecule has 12 nitrogen and oxygen atoms in total. The summed E-state index contributed by atoms with van der Waals surface area (Å²) < 4.78 is 0. The van der Waals surface area contributed by atoms with E-state index in [0.29, 0.717) is 0 Å². The van der Waals surface area contributed by atoms with Crippen LogP contribution in [0.15, 0.2) is 0 Å². The SMILES string of the molecule is O.O.O.O.O.O.O.O.O.O.O.O.[H-].[H-].[Na+].[Na+]. The first-order valence-electron chi connectivity index (χ1n) is 0. The van der Waals surface area contributed by atoms with E-state index >= 15 is 0 Å². The molecule has 0 aliphatic heterocycles. The normalized spacial score (nSPS) is 0. The van der Waals surface area contributed by atoms with Gasteiger partial charge in [-0.15, -0.1) is 0 Å². The fourth-order valence-corrected chi connectivity index (χ4v) is 0. The molecule has 24 N–H and O–H groups in total. The minimum atomic E-state index is 0. The van der Waals surface area contributed by atoms with E-state index in [1.54, 1.807) is 0 Å². The molecule has 14 heavy (non-hydrogen) atoms. The van der Waals surface area contributed by atoms with Crippen LogP contribution in [-0.2, 0) is 0 Å². The molecule has 0 amide bonds. The van der Waals surface area contributed by atoms with Crippen LogP contribution in [0.2, 0.25) is 0 Å². The number of rotatable bonds is 0. The van der Waals surface area contributed by atoms with Crippen LogP contribution >= 0.6 is 0 Å². The first-order chi connectivity index (χ1) is 0. The van der Waals surface area contributed by atoms with Crippen molar-refractivity contribution in [1.29, 1.82) is 0 Å². The van der Waals surface area contributed by atoms with Gasteiger partial charge >= 0.3 is 59.1 Å². The van der Waals surface area contributed by atoms with Gasteiger partial charge in [-0.25, -0.2) is 0 Å². The van der Waals surface area contributed by atoms with Crippen LogP contribution in [-0.4, -0.2) is 65.7 Å². The van der Waals surface area contributed by atoms with Gasteiger partial charge in [0, 0.05) is 0 Å². The van der Waals surface area contributed by atoms with Gasteiger partial charge in [0.1, 0.15) is 0 Å².